The lowest BCUT2D eigenvalue weighted by Crippen LogP contribution is -2.13. The molecule has 6 nitrogen and oxygen atoms in total. The summed E-state index contributed by atoms with van der Waals surface area (Å²) in [6, 6.07) is 15.0. The summed E-state index contributed by atoms with van der Waals surface area (Å²) in [5.74, 6) is -0.262. The number of benzene rings is 2. The van der Waals surface area contributed by atoms with E-state index in [4.69, 9.17) is 12.2 Å². The monoisotopic (exact) mass is 335 g/mol. The van der Waals surface area contributed by atoms with E-state index >= 15 is 0 Å². The van der Waals surface area contributed by atoms with Crippen molar-refractivity contribution in [2.75, 3.05) is 5.32 Å². The Hall–Kier alpha value is -3.19. The van der Waals surface area contributed by atoms with Gasteiger partial charge >= 0.3 is 0 Å². The maximum Gasteiger partial charge on any atom is 0.276 e. The Morgan fingerprint density at radius 1 is 1.17 bits per heavy atom. The van der Waals surface area contributed by atoms with E-state index < -0.39 is 0 Å². The van der Waals surface area contributed by atoms with E-state index in [1.54, 1.807) is 6.20 Å². The standard InChI is InChI=1S/C17H13N5OS/c23-16(15-13-6-1-2-7-14(13)20-21-15)19-11-4-3-5-12(10-11)22-9-8-18-17(22)24/h1-10H,(H,18,24)(H,19,23)(H,20,21). The second-order valence-electron chi connectivity index (χ2n) is 5.26. The Balaban J connectivity index is 1.65. The Labute approximate surface area is 142 Å². The second-order valence-corrected chi connectivity index (χ2v) is 5.64. The lowest BCUT2D eigenvalue weighted by atomic mass is 10.2. The molecule has 0 unspecified atom stereocenters. The smallest absolute Gasteiger partial charge is 0.276 e. The summed E-state index contributed by atoms with van der Waals surface area (Å²) >= 11 is 5.22. The first-order valence-corrected chi connectivity index (χ1v) is 7.74. The van der Waals surface area contributed by atoms with Gasteiger partial charge in [-0.2, -0.15) is 5.10 Å². The van der Waals surface area contributed by atoms with Crippen LogP contribution in [0.5, 0.6) is 0 Å². The predicted octanol–water partition coefficient (Wildman–Crippen LogP) is 3.66. The number of aromatic amines is 2. The van der Waals surface area contributed by atoms with E-state index in [0.29, 0.717) is 16.2 Å². The molecule has 0 aliphatic heterocycles. The van der Waals surface area contributed by atoms with Gasteiger partial charge in [0.2, 0.25) is 0 Å². The van der Waals surface area contributed by atoms with Gasteiger partial charge in [0.15, 0.2) is 10.5 Å². The molecule has 0 bridgehead atoms. The highest BCUT2D eigenvalue weighted by Crippen LogP contribution is 2.19. The summed E-state index contributed by atoms with van der Waals surface area (Å²) < 4.78 is 2.42. The first kappa shape index (κ1) is 14.4. The van der Waals surface area contributed by atoms with Gasteiger partial charge in [-0.15, -0.1) is 0 Å². The van der Waals surface area contributed by atoms with Crippen LogP contribution in [0.1, 0.15) is 10.5 Å². The zero-order valence-corrected chi connectivity index (χ0v) is 13.3. The first-order valence-electron chi connectivity index (χ1n) is 7.33. The van der Waals surface area contributed by atoms with Crippen LogP contribution in [-0.4, -0.2) is 25.7 Å². The third-order valence-electron chi connectivity index (χ3n) is 3.72. The SMILES string of the molecule is O=C(Nc1cccc(-n2cc[nH]c2=S)c1)c1n[nH]c2ccccc12. The number of nitrogens with one attached hydrogen (secondary N) is 3. The number of amides is 1. The molecule has 0 atom stereocenters. The first-order chi connectivity index (χ1) is 11.7. The molecule has 0 aliphatic carbocycles. The number of hydrogen-bond donors (Lipinski definition) is 3. The van der Waals surface area contributed by atoms with Crippen LogP contribution in [0.4, 0.5) is 5.69 Å². The van der Waals surface area contributed by atoms with Gasteiger partial charge in [-0.25, -0.2) is 0 Å². The predicted molar refractivity (Wildman–Crippen MR) is 95.0 cm³/mol. The average Bonchev–Trinajstić information content (AvgIpc) is 3.21. The number of nitrogens with zero attached hydrogens (tertiary/aromatic N) is 2. The van der Waals surface area contributed by atoms with Crippen molar-refractivity contribution in [2.24, 2.45) is 0 Å². The number of para-hydroxylation sites is 1. The molecule has 2 aromatic heterocycles. The van der Waals surface area contributed by atoms with Crippen molar-refractivity contribution in [1.82, 2.24) is 19.7 Å². The van der Waals surface area contributed by atoms with Gasteiger partial charge in [0, 0.05) is 29.2 Å². The molecule has 0 radical (unpaired) electrons. The minimum Gasteiger partial charge on any atom is -0.337 e. The fourth-order valence-corrected chi connectivity index (χ4v) is 2.82. The molecule has 24 heavy (non-hydrogen) atoms. The molecule has 0 saturated heterocycles. The van der Waals surface area contributed by atoms with Crippen molar-refractivity contribution in [1.29, 1.82) is 0 Å². The van der Waals surface area contributed by atoms with Gasteiger partial charge in [-0.3, -0.25) is 14.5 Å². The fourth-order valence-electron chi connectivity index (χ4n) is 2.58. The number of imidazole rings is 1. The number of H-pyrrole nitrogens is 2. The minimum absolute atomic E-state index is 0.262. The van der Waals surface area contributed by atoms with Gasteiger partial charge in [0.25, 0.3) is 5.91 Å². The maximum atomic E-state index is 12.5. The Morgan fingerprint density at radius 2 is 2.04 bits per heavy atom. The number of carbonyl (C=O) groups excluding carboxylic acids is 1. The topological polar surface area (TPSA) is 78.5 Å². The number of rotatable bonds is 3. The molecule has 0 spiro atoms. The van der Waals surface area contributed by atoms with Crippen LogP contribution in [0.15, 0.2) is 60.9 Å². The molecule has 3 N–H and O–H groups in total. The highest BCUT2D eigenvalue weighted by Gasteiger charge is 2.14. The van der Waals surface area contributed by atoms with Crippen molar-refractivity contribution in [3.8, 4) is 5.69 Å². The van der Waals surface area contributed by atoms with Crippen molar-refractivity contribution < 1.29 is 4.79 Å². The van der Waals surface area contributed by atoms with Gasteiger partial charge in [0.05, 0.1) is 5.52 Å². The molecule has 0 fully saturated rings. The van der Waals surface area contributed by atoms with Crippen LogP contribution >= 0.6 is 12.2 Å². The molecule has 0 aliphatic rings. The lowest BCUT2D eigenvalue weighted by molar-refractivity contribution is 0.102. The molecule has 7 heteroatoms. The maximum absolute atomic E-state index is 12.5. The van der Waals surface area contributed by atoms with E-state index in [0.717, 1.165) is 16.6 Å². The van der Waals surface area contributed by atoms with E-state index in [-0.39, 0.29) is 5.91 Å². The summed E-state index contributed by atoms with van der Waals surface area (Å²) in [4.78, 5) is 15.5. The Bertz CT molecular complexity index is 1090. The highest BCUT2D eigenvalue weighted by atomic mass is 32.1. The quantitative estimate of drug-likeness (QED) is 0.500. The van der Waals surface area contributed by atoms with Crippen LogP contribution in [-0.2, 0) is 0 Å². The summed E-state index contributed by atoms with van der Waals surface area (Å²) in [7, 11) is 0. The molecule has 4 rings (SSSR count). The Morgan fingerprint density at radius 3 is 2.88 bits per heavy atom. The summed E-state index contributed by atoms with van der Waals surface area (Å²) in [5.41, 5.74) is 2.74. The van der Waals surface area contributed by atoms with E-state index in [1.165, 1.54) is 0 Å². The molecule has 1 amide bonds. The van der Waals surface area contributed by atoms with Crippen LogP contribution in [0.25, 0.3) is 16.6 Å². The van der Waals surface area contributed by atoms with Crippen molar-refractivity contribution in [3.63, 3.8) is 0 Å². The molecule has 118 valence electrons. The largest absolute Gasteiger partial charge is 0.337 e. The van der Waals surface area contributed by atoms with Crippen LogP contribution in [0.3, 0.4) is 0 Å². The third-order valence-corrected chi connectivity index (χ3v) is 4.03. The van der Waals surface area contributed by atoms with Crippen LogP contribution in [0.2, 0.25) is 0 Å². The summed E-state index contributed by atoms with van der Waals surface area (Å²) in [6.07, 6.45) is 3.61. The third kappa shape index (κ3) is 2.50. The molecular formula is C17H13N5OS. The molecule has 2 aromatic carbocycles. The number of hydrogen-bond acceptors (Lipinski definition) is 3. The zero-order valence-electron chi connectivity index (χ0n) is 12.5. The molecule has 0 saturated carbocycles. The number of anilines is 1. The van der Waals surface area contributed by atoms with Crippen molar-refractivity contribution >= 4 is 34.7 Å². The van der Waals surface area contributed by atoms with E-state index in [2.05, 4.69) is 20.5 Å². The van der Waals surface area contributed by atoms with Crippen molar-refractivity contribution in [3.05, 3.63) is 71.4 Å². The van der Waals surface area contributed by atoms with E-state index in [9.17, 15) is 4.79 Å². The number of aromatic nitrogens is 4. The number of carbonyl (C=O) groups is 1. The fraction of sp³-hybridized carbons (Fsp3) is 0. The Kier molecular flexibility index (Phi) is 3.47. The van der Waals surface area contributed by atoms with Crippen molar-refractivity contribution in [2.45, 2.75) is 0 Å². The van der Waals surface area contributed by atoms with Gasteiger partial charge < -0.3 is 10.3 Å². The normalized spacial score (nSPS) is 10.8. The van der Waals surface area contributed by atoms with Crippen LogP contribution in [0, 0.1) is 4.77 Å². The van der Waals surface area contributed by atoms with E-state index in [1.807, 2.05) is 59.3 Å². The average molecular weight is 335 g/mol. The zero-order chi connectivity index (χ0) is 16.5. The van der Waals surface area contributed by atoms with Gasteiger partial charge in [0.1, 0.15) is 0 Å². The molecule has 4 aromatic rings. The lowest BCUT2D eigenvalue weighted by Gasteiger charge is -2.07. The molecular weight excluding hydrogens is 322 g/mol. The minimum atomic E-state index is -0.262. The van der Waals surface area contributed by atoms with Gasteiger partial charge in [-0.1, -0.05) is 24.3 Å². The van der Waals surface area contributed by atoms with Crippen LogP contribution < -0.4 is 5.32 Å². The second kappa shape index (κ2) is 5.78. The van der Waals surface area contributed by atoms with Gasteiger partial charge in [-0.05, 0) is 36.5 Å². The highest BCUT2D eigenvalue weighted by molar-refractivity contribution is 7.71. The number of fused-ring (bicyclic) bond motifs is 1. The summed E-state index contributed by atoms with van der Waals surface area (Å²) in [6.45, 7) is 0. The summed E-state index contributed by atoms with van der Waals surface area (Å²) in [5, 5.41) is 10.6. The molecule has 2 heterocycles.